The van der Waals surface area contributed by atoms with Gasteiger partial charge in [0, 0.05) is 17.3 Å². The van der Waals surface area contributed by atoms with Crippen molar-refractivity contribution in [3.05, 3.63) is 60.2 Å². The Morgan fingerprint density at radius 2 is 1.72 bits per heavy atom. The molecule has 2 aromatic carbocycles. The van der Waals surface area contributed by atoms with Crippen molar-refractivity contribution in [1.29, 1.82) is 0 Å². The second-order valence-corrected chi connectivity index (χ2v) is 4.96. The molecular formula is C19H19NO5. The third-order valence-electron chi connectivity index (χ3n) is 3.26. The van der Waals surface area contributed by atoms with Gasteiger partial charge < -0.3 is 19.5 Å². The first-order valence-electron chi connectivity index (χ1n) is 7.54. The zero-order valence-corrected chi connectivity index (χ0v) is 14.0. The summed E-state index contributed by atoms with van der Waals surface area (Å²) in [5.41, 5.74) is 1.33. The third kappa shape index (κ3) is 5.69. The summed E-state index contributed by atoms with van der Waals surface area (Å²) >= 11 is 0. The largest absolute Gasteiger partial charge is 0.497 e. The number of carbonyl (C=O) groups excluding carboxylic acids is 2. The van der Waals surface area contributed by atoms with Gasteiger partial charge in [0.25, 0.3) is 5.91 Å². The Balaban J connectivity index is 1.82. The highest BCUT2D eigenvalue weighted by molar-refractivity contribution is 5.94. The molecular weight excluding hydrogens is 322 g/mol. The summed E-state index contributed by atoms with van der Waals surface area (Å²) in [6.45, 7) is -0.374. The minimum absolute atomic E-state index is 0.374. The Labute approximate surface area is 146 Å². The van der Waals surface area contributed by atoms with Crippen LogP contribution in [0, 0.1) is 0 Å². The summed E-state index contributed by atoms with van der Waals surface area (Å²) in [4.78, 5) is 23.5. The molecule has 25 heavy (non-hydrogen) atoms. The Bertz CT molecular complexity index is 753. The highest BCUT2D eigenvalue weighted by atomic mass is 16.5. The number of rotatable bonds is 7. The van der Waals surface area contributed by atoms with Crippen LogP contribution >= 0.6 is 0 Å². The Hall–Kier alpha value is -3.28. The van der Waals surface area contributed by atoms with E-state index in [1.165, 1.54) is 6.08 Å². The Kier molecular flexibility index (Phi) is 6.59. The molecule has 130 valence electrons. The fourth-order valence-electron chi connectivity index (χ4n) is 2.02. The fourth-order valence-corrected chi connectivity index (χ4v) is 2.02. The summed E-state index contributed by atoms with van der Waals surface area (Å²) in [5.74, 6) is 0.287. The number of benzene rings is 2. The van der Waals surface area contributed by atoms with E-state index in [0.717, 1.165) is 5.56 Å². The molecule has 0 aliphatic heterocycles. The summed E-state index contributed by atoms with van der Waals surface area (Å²) in [6, 6.07) is 14.1. The molecule has 0 spiro atoms. The SMILES string of the molecule is COc1ccc(NC(=O)COC(=O)/C=C/c2ccccc2OC)cc1. The van der Waals surface area contributed by atoms with Crippen LogP contribution in [0.3, 0.4) is 0 Å². The average molecular weight is 341 g/mol. The van der Waals surface area contributed by atoms with Gasteiger partial charge in [-0.05, 0) is 36.4 Å². The van der Waals surface area contributed by atoms with Gasteiger partial charge in [-0.25, -0.2) is 4.79 Å². The van der Waals surface area contributed by atoms with Gasteiger partial charge in [-0.3, -0.25) is 4.79 Å². The molecule has 0 bridgehead atoms. The molecule has 2 rings (SSSR count). The minimum Gasteiger partial charge on any atom is -0.497 e. The molecule has 6 heteroatoms. The van der Waals surface area contributed by atoms with Gasteiger partial charge in [0.2, 0.25) is 0 Å². The van der Waals surface area contributed by atoms with Crippen LogP contribution in [0.2, 0.25) is 0 Å². The fraction of sp³-hybridized carbons (Fsp3) is 0.158. The number of carbonyl (C=O) groups is 2. The van der Waals surface area contributed by atoms with Crippen molar-refractivity contribution in [1.82, 2.24) is 0 Å². The van der Waals surface area contributed by atoms with Crippen molar-refractivity contribution >= 4 is 23.6 Å². The van der Waals surface area contributed by atoms with E-state index in [-0.39, 0.29) is 6.61 Å². The van der Waals surface area contributed by atoms with Crippen LogP contribution in [0.15, 0.2) is 54.6 Å². The van der Waals surface area contributed by atoms with Crippen molar-refractivity contribution < 1.29 is 23.8 Å². The van der Waals surface area contributed by atoms with E-state index in [1.807, 2.05) is 12.1 Å². The van der Waals surface area contributed by atoms with Crippen LogP contribution in [0.5, 0.6) is 11.5 Å². The maximum atomic E-state index is 11.8. The molecule has 1 amide bonds. The monoisotopic (exact) mass is 341 g/mol. The Morgan fingerprint density at radius 3 is 2.40 bits per heavy atom. The predicted molar refractivity (Wildman–Crippen MR) is 94.6 cm³/mol. The molecule has 6 nitrogen and oxygen atoms in total. The minimum atomic E-state index is -0.615. The van der Waals surface area contributed by atoms with E-state index in [0.29, 0.717) is 17.2 Å². The quantitative estimate of drug-likeness (QED) is 0.619. The lowest BCUT2D eigenvalue weighted by Gasteiger charge is -2.06. The van der Waals surface area contributed by atoms with Crippen molar-refractivity contribution in [2.75, 3.05) is 26.1 Å². The molecule has 0 saturated heterocycles. The third-order valence-corrected chi connectivity index (χ3v) is 3.26. The molecule has 2 aromatic rings. The number of methoxy groups -OCH3 is 2. The van der Waals surface area contributed by atoms with E-state index >= 15 is 0 Å². The van der Waals surface area contributed by atoms with E-state index in [4.69, 9.17) is 14.2 Å². The summed E-state index contributed by atoms with van der Waals surface area (Å²) in [7, 11) is 3.11. The number of ether oxygens (including phenoxy) is 3. The summed E-state index contributed by atoms with van der Waals surface area (Å²) < 4.78 is 15.1. The van der Waals surface area contributed by atoms with Crippen LogP contribution in [0.4, 0.5) is 5.69 Å². The molecule has 1 N–H and O–H groups in total. The van der Waals surface area contributed by atoms with E-state index in [1.54, 1.807) is 56.7 Å². The average Bonchev–Trinajstić information content (AvgIpc) is 2.65. The van der Waals surface area contributed by atoms with Crippen LogP contribution in [0.25, 0.3) is 6.08 Å². The zero-order chi connectivity index (χ0) is 18.1. The van der Waals surface area contributed by atoms with Crippen molar-refractivity contribution in [2.45, 2.75) is 0 Å². The van der Waals surface area contributed by atoms with Gasteiger partial charge in [-0.2, -0.15) is 0 Å². The van der Waals surface area contributed by atoms with Crippen molar-refractivity contribution in [2.24, 2.45) is 0 Å². The van der Waals surface area contributed by atoms with E-state index < -0.39 is 11.9 Å². The first-order chi connectivity index (χ1) is 12.1. The molecule has 0 aromatic heterocycles. The van der Waals surface area contributed by atoms with Crippen LogP contribution < -0.4 is 14.8 Å². The molecule has 0 atom stereocenters. The van der Waals surface area contributed by atoms with E-state index in [2.05, 4.69) is 5.32 Å². The van der Waals surface area contributed by atoms with Crippen molar-refractivity contribution in [3.8, 4) is 11.5 Å². The number of amides is 1. The zero-order valence-electron chi connectivity index (χ0n) is 14.0. The molecule has 0 aliphatic carbocycles. The topological polar surface area (TPSA) is 73.9 Å². The van der Waals surface area contributed by atoms with Crippen LogP contribution in [0.1, 0.15) is 5.56 Å². The van der Waals surface area contributed by atoms with Crippen LogP contribution in [-0.2, 0) is 14.3 Å². The predicted octanol–water partition coefficient (Wildman–Crippen LogP) is 2.90. The first kappa shape index (κ1) is 18.1. The van der Waals surface area contributed by atoms with Gasteiger partial charge in [0.1, 0.15) is 11.5 Å². The molecule has 0 saturated carbocycles. The van der Waals surface area contributed by atoms with Gasteiger partial charge in [0.05, 0.1) is 14.2 Å². The Morgan fingerprint density at radius 1 is 1.00 bits per heavy atom. The number of para-hydroxylation sites is 1. The second kappa shape index (κ2) is 9.12. The highest BCUT2D eigenvalue weighted by Gasteiger charge is 2.06. The molecule has 0 radical (unpaired) electrons. The van der Waals surface area contributed by atoms with E-state index in [9.17, 15) is 9.59 Å². The lowest BCUT2D eigenvalue weighted by atomic mass is 10.2. The van der Waals surface area contributed by atoms with Crippen LogP contribution in [-0.4, -0.2) is 32.7 Å². The second-order valence-electron chi connectivity index (χ2n) is 4.96. The smallest absolute Gasteiger partial charge is 0.331 e. The van der Waals surface area contributed by atoms with Crippen molar-refractivity contribution in [3.63, 3.8) is 0 Å². The van der Waals surface area contributed by atoms with Gasteiger partial charge in [-0.1, -0.05) is 18.2 Å². The first-order valence-corrected chi connectivity index (χ1v) is 7.54. The number of anilines is 1. The molecule has 0 aliphatic rings. The summed E-state index contributed by atoms with van der Waals surface area (Å²) in [5, 5.41) is 2.62. The standard InChI is InChI=1S/C19H19NO5/c1-23-16-10-8-15(9-11-16)20-18(21)13-25-19(22)12-7-14-5-3-4-6-17(14)24-2/h3-12H,13H2,1-2H3,(H,20,21)/b12-7+. The highest BCUT2D eigenvalue weighted by Crippen LogP contribution is 2.18. The number of hydrogen-bond acceptors (Lipinski definition) is 5. The lowest BCUT2D eigenvalue weighted by Crippen LogP contribution is -2.20. The normalized spacial score (nSPS) is 10.3. The molecule has 0 heterocycles. The molecule has 0 fully saturated rings. The summed E-state index contributed by atoms with van der Waals surface area (Å²) in [6.07, 6.45) is 2.82. The number of hydrogen-bond donors (Lipinski definition) is 1. The lowest BCUT2D eigenvalue weighted by molar-refractivity contribution is -0.142. The maximum Gasteiger partial charge on any atom is 0.331 e. The number of nitrogens with one attached hydrogen (secondary N) is 1. The van der Waals surface area contributed by atoms with Gasteiger partial charge in [0.15, 0.2) is 6.61 Å². The number of esters is 1. The molecule has 0 unspecified atom stereocenters. The van der Waals surface area contributed by atoms with Gasteiger partial charge in [-0.15, -0.1) is 0 Å². The van der Waals surface area contributed by atoms with Gasteiger partial charge >= 0.3 is 5.97 Å². The maximum absolute atomic E-state index is 11.8.